The molecule has 0 radical (unpaired) electrons. The SMILES string of the molecule is COc1cc(-c2ccc(-c3ccc(C(=N)N)cn3)o2)cc(OC)c1OC. The molecule has 0 amide bonds. The molecule has 0 bridgehead atoms. The molecule has 2 heterocycles. The highest BCUT2D eigenvalue weighted by Crippen LogP contribution is 2.41. The van der Waals surface area contributed by atoms with E-state index in [1.165, 1.54) is 0 Å². The van der Waals surface area contributed by atoms with E-state index in [2.05, 4.69) is 4.98 Å². The summed E-state index contributed by atoms with van der Waals surface area (Å²) in [6.07, 6.45) is 1.54. The summed E-state index contributed by atoms with van der Waals surface area (Å²) < 4.78 is 22.0. The fourth-order valence-corrected chi connectivity index (χ4v) is 2.55. The fourth-order valence-electron chi connectivity index (χ4n) is 2.55. The van der Waals surface area contributed by atoms with Gasteiger partial charge in [0.25, 0.3) is 0 Å². The number of aromatic nitrogens is 1. The molecule has 0 aliphatic carbocycles. The molecule has 3 N–H and O–H groups in total. The van der Waals surface area contributed by atoms with Crippen molar-refractivity contribution in [3.05, 3.63) is 48.2 Å². The van der Waals surface area contributed by atoms with Gasteiger partial charge in [0.15, 0.2) is 17.3 Å². The minimum Gasteiger partial charge on any atom is -0.493 e. The minimum atomic E-state index is -0.0263. The van der Waals surface area contributed by atoms with E-state index in [0.29, 0.717) is 40.0 Å². The third-order valence-electron chi connectivity index (χ3n) is 3.88. The van der Waals surface area contributed by atoms with Gasteiger partial charge in [0.2, 0.25) is 5.75 Å². The fraction of sp³-hybridized carbons (Fsp3) is 0.158. The predicted octanol–water partition coefficient (Wildman–Crippen LogP) is 3.32. The van der Waals surface area contributed by atoms with Crippen molar-refractivity contribution < 1.29 is 18.6 Å². The molecule has 0 unspecified atom stereocenters. The van der Waals surface area contributed by atoms with Crippen LogP contribution in [0.3, 0.4) is 0 Å². The highest BCUT2D eigenvalue weighted by molar-refractivity contribution is 5.94. The van der Waals surface area contributed by atoms with Crippen LogP contribution in [0.4, 0.5) is 0 Å². The first-order chi connectivity index (χ1) is 12.6. The molecule has 3 rings (SSSR count). The number of ether oxygens (including phenoxy) is 3. The van der Waals surface area contributed by atoms with Gasteiger partial charge in [0.1, 0.15) is 17.3 Å². The van der Waals surface area contributed by atoms with Crippen molar-refractivity contribution in [1.82, 2.24) is 4.98 Å². The normalized spacial score (nSPS) is 10.4. The highest BCUT2D eigenvalue weighted by atomic mass is 16.5. The summed E-state index contributed by atoms with van der Waals surface area (Å²) in [6.45, 7) is 0. The zero-order valence-corrected chi connectivity index (χ0v) is 14.7. The van der Waals surface area contributed by atoms with E-state index in [1.807, 2.05) is 24.3 Å². The molecular formula is C19H19N3O4. The van der Waals surface area contributed by atoms with Crippen LogP contribution in [0.1, 0.15) is 5.56 Å². The standard InChI is InChI=1S/C19H19N3O4/c1-23-16-8-12(9-17(24-2)18(16)25-3)14-6-7-15(26-14)13-5-4-11(10-22-13)19(20)21/h4-10H,1-3H3,(H3,20,21). The Bertz CT molecular complexity index is 907. The Hall–Kier alpha value is -3.48. The molecule has 0 saturated carbocycles. The van der Waals surface area contributed by atoms with Gasteiger partial charge in [0.05, 0.1) is 21.3 Å². The van der Waals surface area contributed by atoms with Crippen LogP contribution in [0.5, 0.6) is 17.2 Å². The molecule has 7 heteroatoms. The zero-order valence-electron chi connectivity index (χ0n) is 14.7. The third-order valence-corrected chi connectivity index (χ3v) is 3.88. The quantitative estimate of drug-likeness (QED) is 0.520. The molecule has 0 aliphatic rings. The Kier molecular flexibility index (Phi) is 4.79. The third kappa shape index (κ3) is 3.19. The first-order valence-corrected chi connectivity index (χ1v) is 7.78. The molecule has 2 aromatic heterocycles. The number of furan rings is 1. The Morgan fingerprint density at radius 3 is 2.12 bits per heavy atom. The van der Waals surface area contributed by atoms with Crippen LogP contribution in [-0.2, 0) is 0 Å². The number of hydrogen-bond donors (Lipinski definition) is 2. The van der Waals surface area contributed by atoms with Gasteiger partial charge in [-0.1, -0.05) is 0 Å². The molecule has 0 aliphatic heterocycles. The second-order valence-electron chi connectivity index (χ2n) is 5.42. The number of nitrogens with one attached hydrogen (secondary N) is 1. The molecule has 26 heavy (non-hydrogen) atoms. The number of rotatable bonds is 6. The van der Waals surface area contributed by atoms with Crippen molar-refractivity contribution in [1.29, 1.82) is 5.41 Å². The number of pyridine rings is 1. The number of amidine groups is 1. The maximum atomic E-state index is 7.42. The summed E-state index contributed by atoms with van der Waals surface area (Å²) in [6, 6.07) is 10.8. The number of nitrogen functional groups attached to an aromatic ring is 1. The summed E-state index contributed by atoms with van der Waals surface area (Å²) in [5, 5.41) is 7.42. The van der Waals surface area contributed by atoms with Crippen LogP contribution in [0.15, 0.2) is 47.0 Å². The van der Waals surface area contributed by atoms with Crippen LogP contribution in [-0.4, -0.2) is 32.1 Å². The van der Waals surface area contributed by atoms with E-state index < -0.39 is 0 Å². The van der Waals surface area contributed by atoms with E-state index in [1.54, 1.807) is 39.7 Å². The maximum Gasteiger partial charge on any atom is 0.203 e. The van der Waals surface area contributed by atoms with E-state index in [-0.39, 0.29) is 5.84 Å². The Morgan fingerprint density at radius 2 is 1.62 bits per heavy atom. The predicted molar refractivity (Wildman–Crippen MR) is 98.0 cm³/mol. The molecule has 0 spiro atoms. The van der Waals surface area contributed by atoms with Crippen LogP contribution >= 0.6 is 0 Å². The van der Waals surface area contributed by atoms with Crippen LogP contribution in [0.2, 0.25) is 0 Å². The average molecular weight is 353 g/mol. The van der Waals surface area contributed by atoms with Gasteiger partial charge in [-0.15, -0.1) is 0 Å². The minimum absolute atomic E-state index is 0.0263. The monoisotopic (exact) mass is 353 g/mol. The van der Waals surface area contributed by atoms with E-state index >= 15 is 0 Å². The molecule has 0 fully saturated rings. The molecule has 1 aromatic carbocycles. The number of methoxy groups -OCH3 is 3. The summed E-state index contributed by atoms with van der Waals surface area (Å²) in [5.41, 5.74) is 7.44. The van der Waals surface area contributed by atoms with Gasteiger partial charge < -0.3 is 24.4 Å². The summed E-state index contributed by atoms with van der Waals surface area (Å²) in [4.78, 5) is 4.29. The van der Waals surface area contributed by atoms with Crippen molar-refractivity contribution in [2.24, 2.45) is 5.73 Å². The maximum absolute atomic E-state index is 7.42. The summed E-state index contributed by atoms with van der Waals surface area (Å²) in [7, 11) is 4.69. The zero-order chi connectivity index (χ0) is 18.7. The first-order valence-electron chi connectivity index (χ1n) is 7.78. The number of nitrogens with two attached hydrogens (primary N) is 1. The number of nitrogens with zero attached hydrogens (tertiary/aromatic N) is 1. The molecular weight excluding hydrogens is 334 g/mol. The van der Waals surface area contributed by atoms with Crippen molar-refractivity contribution in [3.8, 4) is 40.0 Å². The van der Waals surface area contributed by atoms with E-state index in [9.17, 15) is 0 Å². The lowest BCUT2D eigenvalue weighted by Crippen LogP contribution is -2.11. The molecule has 134 valence electrons. The Morgan fingerprint density at radius 1 is 0.962 bits per heavy atom. The topological polar surface area (TPSA) is 104 Å². The summed E-state index contributed by atoms with van der Waals surface area (Å²) in [5.74, 6) is 2.82. The lowest BCUT2D eigenvalue weighted by atomic mass is 10.1. The van der Waals surface area contributed by atoms with Crippen molar-refractivity contribution in [2.75, 3.05) is 21.3 Å². The summed E-state index contributed by atoms with van der Waals surface area (Å²) >= 11 is 0. The number of benzene rings is 1. The first kappa shape index (κ1) is 17.3. The van der Waals surface area contributed by atoms with E-state index in [0.717, 1.165) is 5.56 Å². The lowest BCUT2D eigenvalue weighted by Gasteiger charge is -2.13. The van der Waals surface area contributed by atoms with Gasteiger partial charge in [-0.25, -0.2) is 0 Å². The van der Waals surface area contributed by atoms with Gasteiger partial charge in [0, 0.05) is 17.3 Å². The average Bonchev–Trinajstić information content (AvgIpc) is 3.17. The number of hydrogen-bond acceptors (Lipinski definition) is 6. The smallest absolute Gasteiger partial charge is 0.203 e. The van der Waals surface area contributed by atoms with Crippen LogP contribution < -0.4 is 19.9 Å². The van der Waals surface area contributed by atoms with Crippen molar-refractivity contribution >= 4 is 5.84 Å². The molecule has 7 nitrogen and oxygen atoms in total. The Balaban J connectivity index is 1.98. The lowest BCUT2D eigenvalue weighted by molar-refractivity contribution is 0.324. The van der Waals surface area contributed by atoms with Gasteiger partial charge in [-0.2, -0.15) is 0 Å². The largest absolute Gasteiger partial charge is 0.493 e. The van der Waals surface area contributed by atoms with Crippen LogP contribution in [0.25, 0.3) is 22.8 Å². The van der Waals surface area contributed by atoms with Crippen molar-refractivity contribution in [3.63, 3.8) is 0 Å². The molecule has 0 atom stereocenters. The molecule has 3 aromatic rings. The van der Waals surface area contributed by atoms with Crippen molar-refractivity contribution in [2.45, 2.75) is 0 Å². The second-order valence-corrected chi connectivity index (χ2v) is 5.42. The van der Waals surface area contributed by atoms with E-state index in [4.69, 9.17) is 29.8 Å². The van der Waals surface area contributed by atoms with Gasteiger partial charge in [-0.3, -0.25) is 10.4 Å². The second kappa shape index (κ2) is 7.18. The van der Waals surface area contributed by atoms with Gasteiger partial charge in [-0.05, 0) is 36.4 Å². The highest BCUT2D eigenvalue weighted by Gasteiger charge is 2.16. The van der Waals surface area contributed by atoms with Crippen LogP contribution in [0, 0.1) is 5.41 Å². The Labute approximate surface area is 150 Å². The molecule has 0 saturated heterocycles. The van der Waals surface area contributed by atoms with Gasteiger partial charge >= 0.3 is 0 Å².